The van der Waals surface area contributed by atoms with Crippen molar-refractivity contribution in [2.24, 2.45) is 0 Å². The maximum atomic E-state index is 12.4. The molecule has 1 aromatic heterocycles. The summed E-state index contributed by atoms with van der Waals surface area (Å²) in [5, 5.41) is 0. The highest BCUT2D eigenvalue weighted by atomic mass is 16.2. The van der Waals surface area contributed by atoms with Crippen LogP contribution < -0.4 is 4.90 Å². The van der Waals surface area contributed by atoms with Gasteiger partial charge in [0.1, 0.15) is 5.82 Å². The quantitative estimate of drug-likeness (QED) is 0.640. The van der Waals surface area contributed by atoms with Gasteiger partial charge in [-0.1, -0.05) is 24.3 Å². The van der Waals surface area contributed by atoms with E-state index in [1.807, 2.05) is 29.2 Å². The molecule has 5 heteroatoms. The lowest BCUT2D eigenvalue weighted by molar-refractivity contribution is -0.126. The zero-order valence-electron chi connectivity index (χ0n) is 13.9. The maximum Gasteiger partial charge on any atom is 0.246 e. The van der Waals surface area contributed by atoms with Gasteiger partial charge in [0.05, 0.1) is 0 Å². The fourth-order valence-electron chi connectivity index (χ4n) is 3.17. The smallest absolute Gasteiger partial charge is 0.246 e. The molecular formula is C20H19N3O2. The minimum Gasteiger partial charge on any atom is -0.334 e. The van der Waals surface area contributed by atoms with Crippen molar-refractivity contribution >= 4 is 23.7 Å². The lowest BCUT2D eigenvalue weighted by Gasteiger charge is -2.29. The van der Waals surface area contributed by atoms with Gasteiger partial charge in [0.2, 0.25) is 11.8 Å². The molecule has 25 heavy (non-hydrogen) atoms. The van der Waals surface area contributed by atoms with Gasteiger partial charge in [-0.2, -0.15) is 0 Å². The highest BCUT2D eigenvalue weighted by Gasteiger charge is 2.25. The summed E-state index contributed by atoms with van der Waals surface area (Å²) in [6, 6.07) is 12.0. The first-order chi connectivity index (χ1) is 12.2. The third-order valence-corrected chi connectivity index (χ3v) is 4.76. The molecule has 2 aliphatic heterocycles. The van der Waals surface area contributed by atoms with Crippen LogP contribution in [0, 0.1) is 0 Å². The standard InChI is InChI=1S/C20H19N3O2/c24-19(22-11-9-16-3-1-2-4-17(16)14-22)8-6-15-5-7-18(21-13-15)23-12-10-20(23)25/h1-8,13H,9-12,14H2/b8-6+. The molecule has 126 valence electrons. The molecule has 2 amide bonds. The van der Waals surface area contributed by atoms with Crippen molar-refractivity contribution in [1.29, 1.82) is 0 Å². The Morgan fingerprint density at radius 3 is 2.56 bits per heavy atom. The number of rotatable bonds is 3. The molecule has 4 rings (SSSR count). The molecule has 0 bridgehead atoms. The molecule has 1 fully saturated rings. The van der Waals surface area contributed by atoms with Crippen LogP contribution in [-0.2, 0) is 22.6 Å². The Hall–Kier alpha value is -2.95. The van der Waals surface area contributed by atoms with E-state index in [-0.39, 0.29) is 11.8 Å². The Morgan fingerprint density at radius 1 is 1.04 bits per heavy atom. The largest absolute Gasteiger partial charge is 0.334 e. The molecule has 2 aliphatic rings. The van der Waals surface area contributed by atoms with Gasteiger partial charge in [0.25, 0.3) is 0 Å². The van der Waals surface area contributed by atoms with Crippen molar-refractivity contribution in [2.75, 3.05) is 18.0 Å². The summed E-state index contributed by atoms with van der Waals surface area (Å²) >= 11 is 0. The Labute approximate surface area is 146 Å². The number of anilines is 1. The van der Waals surface area contributed by atoms with Crippen LogP contribution in [0.25, 0.3) is 6.08 Å². The fraction of sp³-hybridized carbons (Fsp3) is 0.250. The number of carbonyl (C=O) groups excluding carboxylic acids is 2. The summed E-state index contributed by atoms with van der Waals surface area (Å²) in [4.78, 5) is 31.7. The number of β-lactam (4-membered cyclic amide) rings is 1. The first-order valence-corrected chi connectivity index (χ1v) is 8.51. The lowest BCUT2D eigenvalue weighted by Crippen LogP contribution is -2.43. The molecule has 0 N–H and O–H groups in total. The third-order valence-electron chi connectivity index (χ3n) is 4.76. The summed E-state index contributed by atoms with van der Waals surface area (Å²) < 4.78 is 0. The Balaban J connectivity index is 1.40. The van der Waals surface area contributed by atoms with Crippen LogP contribution in [0.1, 0.15) is 23.1 Å². The van der Waals surface area contributed by atoms with Crippen LogP contribution in [0.3, 0.4) is 0 Å². The van der Waals surface area contributed by atoms with E-state index in [4.69, 9.17) is 0 Å². The van der Waals surface area contributed by atoms with Gasteiger partial charge in [0.15, 0.2) is 0 Å². The molecule has 0 radical (unpaired) electrons. The van der Waals surface area contributed by atoms with Crippen molar-refractivity contribution < 1.29 is 9.59 Å². The van der Waals surface area contributed by atoms with Gasteiger partial charge in [0, 0.05) is 38.3 Å². The number of hydrogen-bond donors (Lipinski definition) is 0. The van der Waals surface area contributed by atoms with Gasteiger partial charge in [-0.25, -0.2) is 4.98 Å². The molecule has 5 nitrogen and oxygen atoms in total. The van der Waals surface area contributed by atoms with Crippen LogP contribution in [0.2, 0.25) is 0 Å². The van der Waals surface area contributed by atoms with Gasteiger partial charge >= 0.3 is 0 Å². The number of aromatic nitrogens is 1. The first-order valence-electron chi connectivity index (χ1n) is 8.51. The first kappa shape index (κ1) is 15.6. The zero-order valence-corrected chi connectivity index (χ0v) is 13.9. The summed E-state index contributed by atoms with van der Waals surface area (Å²) in [5.74, 6) is 0.792. The van der Waals surface area contributed by atoms with E-state index in [0.717, 1.165) is 25.1 Å². The topological polar surface area (TPSA) is 53.5 Å². The number of pyridine rings is 1. The second kappa shape index (κ2) is 6.51. The Morgan fingerprint density at radius 2 is 1.88 bits per heavy atom. The number of amides is 2. The minimum atomic E-state index is 0.0106. The molecule has 0 spiro atoms. The van der Waals surface area contributed by atoms with Crippen molar-refractivity contribution in [3.05, 3.63) is 65.4 Å². The molecule has 0 aliphatic carbocycles. The lowest BCUT2D eigenvalue weighted by atomic mass is 10.00. The molecular weight excluding hydrogens is 314 g/mol. The van der Waals surface area contributed by atoms with Crippen molar-refractivity contribution in [3.8, 4) is 0 Å². The average molecular weight is 333 g/mol. The maximum absolute atomic E-state index is 12.4. The number of hydrogen-bond acceptors (Lipinski definition) is 3. The second-order valence-corrected chi connectivity index (χ2v) is 6.36. The Kier molecular flexibility index (Phi) is 4.06. The van der Waals surface area contributed by atoms with E-state index >= 15 is 0 Å². The molecule has 1 saturated heterocycles. The third kappa shape index (κ3) is 3.18. The number of carbonyl (C=O) groups is 2. The van der Waals surface area contributed by atoms with Crippen LogP contribution in [0.5, 0.6) is 0 Å². The monoisotopic (exact) mass is 333 g/mol. The average Bonchev–Trinajstić information content (AvgIpc) is 2.65. The van der Waals surface area contributed by atoms with Gasteiger partial charge < -0.3 is 4.90 Å². The van der Waals surface area contributed by atoms with E-state index in [9.17, 15) is 9.59 Å². The van der Waals surface area contributed by atoms with Gasteiger partial charge in [-0.15, -0.1) is 0 Å². The Bertz CT molecular complexity index is 842. The zero-order chi connectivity index (χ0) is 17.2. The van der Waals surface area contributed by atoms with E-state index in [2.05, 4.69) is 17.1 Å². The van der Waals surface area contributed by atoms with Crippen LogP contribution in [0.15, 0.2) is 48.7 Å². The number of fused-ring (bicyclic) bond motifs is 1. The number of benzene rings is 1. The predicted molar refractivity (Wildman–Crippen MR) is 95.8 cm³/mol. The summed E-state index contributed by atoms with van der Waals surface area (Å²) in [6.45, 7) is 2.14. The summed E-state index contributed by atoms with van der Waals surface area (Å²) in [5.41, 5.74) is 3.40. The highest BCUT2D eigenvalue weighted by molar-refractivity contribution is 5.98. The fourth-order valence-corrected chi connectivity index (χ4v) is 3.17. The highest BCUT2D eigenvalue weighted by Crippen LogP contribution is 2.20. The molecule has 3 heterocycles. The molecule has 0 saturated carbocycles. The normalized spacial score (nSPS) is 16.7. The molecule has 0 unspecified atom stereocenters. The van der Waals surface area contributed by atoms with Crippen LogP contribution in [0.4, 0.5) is 5.82 Å². The van der Waals surface area contributed by atoms with Gasteiger partial charge in [-0.3, -0.25) is 14.5 Å². The van der Waals surface area contributed by atoms with E-state index < -0.39 is 0 Å². The predicted octanol–water partition coefficient (Wildman–Crippen LogP) is 2.42. The van der Waals surface area contributed by atoms with Crippen LogP contribution in [-0.4, -0.2) is 34.8 Å². The molecule has 1 aromatic carbocycles. The van der Waals surface area contributed by atoms with Crippen molar-refractivity contribution in [3.63, 3.8) is 0 Å². The van der Waals surface area contributed by atoms with Crippen molar-refractivity contribution in [1.82, 2.24) is 9.88 Å². The number of nitrogens with zero attached hydrogens (tertiary/aromatic N) is 3. The molecule has 2 aromatic rings. The van der Waals surface area contributed by atoms with Crippen molar-refractivity contribution in [2.45, 2.75) is 19.4 Å². The van der Waals surface area contributed by atoms with E-state index in [1.165, 1.54) is 11.1 Å². The van der Waals surface area contributed by atoms with E-state index in [1.54, 1.807) is 23.2 Å². The summed E-state index contributed by atoms with van der Waals surface area (Å²) in [6.07, 6.45) is 6.56. The van der Waals surface area contributed by atoms with E-state index in [0.29, 0.717) is 18.8 Å². The molecule has 0 atom stereocenters. The SMILES string of the molecule is O=C(/C=C/c1ccc(N2CCC2=O)nc1)N1CCc2ccccc2C1. The van der Waals surface area contributed by atoms with Gasteiger partial charge in [-0.05, 0) is 41.3 Å². The second-order valence-electron chi connectivity index (χ2n) is 6.36. The minimum absolute atomic E-state index is 0.0106. The van der Waals surface area contributed by atoms with Crippen LogP contribution >= 0.6 is 0 Å². The summed E-state index contributed by atoms with van der Waals surface area (Å²) in [7, 11) is 0.